The van der Waals surface area contributed by atoms with Gasteiger partial charge in [-0.05, 0) is 31.4 Å². The molecule has 1 atom stereocenters. The Morgan fingerprint density at radius 2 is 2.12 bits per heavy atom. The zero-order valence-electron chi connectivity index (χ0n) is 15.2. The van der Waals surface area contributed by atoms with E-state index in [1.807, 2.05) is 0 Å². The van der Waals surface area contributed by atoms with E-state index in [2.05, 4.69) is 34.7 Å². The van der Waals surface area contributed by atoms with Crippen LogP contribution < -0.4 is 10.6 Å². The maximum Gasteiger partial charge on any atom is 0.243 e. The van der Waals surface area contributed by atoms with Crippen LogP contribution in [0.4, 0.5) is 0 Å². The fraction of sp³-hybridized carbons (Fsp3) is 0.647. The third-order valence-electron chi connectivity index (χ3n) is 3.89. The number of guanidine groups is 1. The van der Waals surface area contributed by atoms with Gasteiger partial charge in [-0.3, -0.25) is 4.79 Å². The average molecular weight is 480 g/mol. The van der Waals surface area contributed by atoms with Crippen LogP contribution >= 0.6 is 35.3 Å². The molecule has 0 bridgehead atoms. The van der Waals surface area contributed by atoms with E-state index in [0.29, 0.717) is 19.0 Å². The first-order valence-corrected chi connectivity index (χ1v) is 9.31. The van der Waals surface area contributed by atoms with Gasteiger partial charge in [-0.15, -0.1) is 35.3 Å². The van der Waals surface area contributed by atoms with E-state index in [1.54, 1.807) is 30.3 Å². The summed E-state index contributed by atoms with van der Waals surface area (Å²) in [6.45, 7) is 4.55. The first-order valence-electron chi connectivity index (χ1n) is 8.50. The summed E-state index contributed by atoms with van der Waals surface area (Å²) in [6, 6.07) is 4.30. The molecule has 1 fully saturated rings. The van der Waals surface area contributed by atoms with Gasteiger partial charge in [0, 0.05) is 37.0 Å². The van der Waals surface area contributed by atoms with Crippen LogP contribution in [0.15, 0.2) is 17.1 Å². The molecule has 0 aliphatic carbocycles. The molecule has 2 heterocycles. The normalized spacial score (nSPS) is 17.1. The summed E-state index contributed by atoms with van der Waals surface area (Å²) in [5.74, 6) is 0.643. The van der Waals surface area contributed by atoms with Crippen LogP contribution in [0.5, 0.6) is 0 Å². The van der Waals surface area contributed by atoms with E-state index < -0.39 is 0 Å². The highest BCUT2D eigenvalue weighted by molar-refractivity contribution is 14.0. The molecule has 2 rings (SSSR count). The maximum absolute atomic E-state index is 11.8. The molecule has 0 aromatic carbocycles. The van der Waals surface area contributed by atoms with E-state index >= 15 is 0 Å². The number of carbonyl (C=O) groups excluding carboxylic acids is 1. The molecular formula is C17H29IN4O2S. The lowest BCUT2D eigenvalue weighted by Crippen LogP contribution is -2.41. The van der Waals surface area contributed by atoms with Gasteiger partial charge < -0.3 is 20.3 Å². The predicted octanol–water partition coefficient (Wildman–Crippen LogP) is 2.23. The number of nitrogens with one attached hydrogen (secondary N) is 2. The SMILES string of the molecule is CCc1ccc(CNC(=NCC(=O)N(C)C)NCC2CCCO2)s1.I. The van der Waals surface area contributed by atoms with Gasteiger partial charge in [0.15, 0.2) is 5.96 Å². The standard InChI is InChI=1S/C17H28N4O2S.HI/c1-4-14-7-8-15(24-14)11-19-17(20-12-16(22)21(2)3)18-10-13-6-5-9-23-13;/h7-8,13H,4-6,9-12H2,1-3H3,(H2,18,19,20);1H. The number of aliphatic imine (C=N–C) groups is 1. The molecule has 142 valence electrons. The van der Waals surface area contributed by atoms with Crippen LogP contribution in [0.25, 0.3) is 0 Å². The molecule has 1 aromatic heterocycles. The minimum atomic E-state index is -0.0161. The van der Waals surface area contributed by atoms with Gasteiger partial charge in [0.1, 0.15) is 6.54 Å². The Labute approximate surface area is 171 Å². The fourth-order valence-corrected chi connectivity index (χ4v) is 3.25. The minimum absolute atomic E-state index is 0. The summed E-state index contributed by atoms with van der Waals surface area (Å²) in [5, 5.41) is 6.61. The van der Waals surface area contributed by atoms with Crippen molar-refractivity contribution in [2.45, 2.75) is 38.8 Å². The van der Waals surface area contributed by atoms with Crippen molar-refractivity contribution in [2.75, 3.05) is 33.8 Å². The van der Waals surface area contributed by atoms with Crippen molar-refractivity contribution in [1.82, 2.24) is 15.5 Å². The zero-order chi connectivity index (χ0) is 17.4. The topological polar surface area (TPSA) is 66.0 Å². The van der Waals surface area contributed by atoms with E-state index in [9.17, 15) is 4.79 Å². The van der Waals surface area contributed by atoms with Crippen molar-refractivity contribution in [3.8, 4) is 0 Å². The second-order valence-electron chi connectivity index (χ2n) is 6.04. The van der Waals surface area contributed by atoms with Gasteiger partial charge in [-0.25, -0.2) is 4.99 Å². The van der Waals surface area contributed by atoms with Crippen molar-refractivity contribution in [2.24, 2.45) is 4.99 Å². The van der Waals surface area contributed by atoms with Gasteiger partial charge in [-0.1, -0.05) is 6.92 Å². The lowest BCUT2D eigenvalue weighted by molar-refractivity contribution is -0.127. The van der Waals surface area contributed by atoms with Crippen LogP contribution in [0.1, 0.15) is 29.5 Å². The van der Waals surface area contributed by atoms with Crippen molar-refractivity contribution >= 4 is 47.2 Å². The van der Waals surface area contributed by atoms with Crippen molar-refractivity contribution < 1.29 is 9.53 Å². The summed E-state index contributed by atoms with van der Waals surface area (Å²) in [5.41, 5.74) is 0. The maximum atomic E-state index is 11.8. The summed E-state index contributed by atoms with van der Waals surface area (Å²) in [4.78, 5) is 20.4. The molecule has 0 saturated carbocycles. The summed E-state index contributed by atoms with van der Waals surface area (Å²) < 4.78 is 5.63. The molecule has 25 heavy (non-hydrogen) atoms. The average Bonchev–Trinajstić information content (AvgIpc) is 3.25. The molecule has 1 amide bonds. The highest BCUT2D eigenvalue weighted by atomic mass is 127. The Balaban J connectivity index is 0.00000312. The van der Waals surface area contributed by atoms with Crippen molar-refractivity contribution in [3.05, 3.63) is 21.9 Å². The second-order valence-corrected chi connectivity index (χ2v) is 7.30. The third-order valence-corrected chi connectivity index (χ3v) is 5.12. The number of nitrogens with zero attached hydrogens (tertiary/aromatic N) is 2. The van der Waals surface area contributed by atoms with Crippen molar-refractivity contribution in [3.63, 3.8) is 0 Å². The molecule has 6 nitrogen and oxygen atoms in total. The minimum Gasteiger partial charge on any atom is -0.376 e. The van der Waals surface area contributed by atoms with Gasteiger partial charge in [-0.2, -0.15) is 0 Å². The number of rotatable bonds is 7. The Kier molecular flexibility index (Phi) is 10.4. The molecule has 1 aliphatic rings. The number of likely N-dealkylation sites (N-methyl/N-ethyl adjacent to an activating group) is 1. The van der Waals surface area contributed by atoms with Crippen LogP contribution in [0.2, 0.25) is 0 Å². The molecule has 2 N–H and O–H groups in total. The highest BCUT2D eigenvalue weighted by Gasteiger charge is 2.16. The van der Waals surface area contributed by atoms with Crippen LogP contribution in [0.3, 0.4) is 0 Å². The van der Waals surface area contributed by atoms with Gasteiger partial charge in [0.05, 0.1) is 12.6 Å². The van der Waals surface area contributed by atoms with Gasteiger partial charge >= 0.3 is 0 Å². The fourth-order valence-electron chi connectivity index (χ4n) is 2.36. The van der Waals surface area contributed by atoms with Gasteiger partial charge in [0.2, 0.25) is 5.91 Å². The molecule has 1 saturated heterocycles. The van der Waals surface area contributed by atoms with Crippen LogP contribution in [-0.2, 0) is 22.5 Å². The van der Waals surface area contributed by atoms with E-state index in [4.69, 9.17) is 4.74 Å². The summed E-state index contributed by atoms with van der Waals surface area (Å²) >= 11 is 1.80. The molecule has 1 unspecified atom stereocenters. The van der Waals surface area contributed by atoms with E-state index in [-0.39, 0.29) is 42.5 Å². The van der Waals surface area contributed by atoms with Crippen molar-refractivity contribution in [1.29, 1.82) is 0 Å². The summed E-state index contributed by atoms with van der Waals surface area (Å²) in [7, 11) is 3.48. The quantitative estimate of drug-likeness (QED) is 0.357. The number of amides is 1. The Morgan fingerprint density at radius 1 is 1.36 bits per heavy atom. The third kappa shape index (κ3) is 7.91. The number of carbonyl (C=O) groups is 1. The molecule has 8 heteroatoms. The first kappa shape index (κ1) is 22.2. The Bertz CT molecular complexity index is 557. The number of ether oxygens (including phenoxy) is 1. The van der Waals surface area contributed by atoms with Gasteiger partial charge in [0.25, 0.3) is 0 Å². The Hall–Kier alpha value is -0.870. The number of thiophene rings is 1. The second kappa shape index (κ2) is 11.7. The number of halogens is 1. The molecule has 0 spiro atoms. The number of aryl methyl sites for hydroxylation is 1. The number of hydrogen-bond donors (Lipinski definition) is 2. The van der Waals surface area contributed by atoms with E-state index in [0.717, 1.165) is 25.9 Å². The smallest absolute Gasteiger partial charge is 0.243 e. The lowest BCUT2D eigenvalue weighted by atomic mass is 10.2. The van der Waals surface area contributed by atoms with Crippen LogP contribution in [0, 0.1) is 0 Å². The molecular weight excluding hydrogens is 451 g/mol. The Morgan fingerprint density at radius 3 is 2.72 bits per heavy atom. The molecule has 1 aromatic rings. The predicted molar refractivity (Wildman–Crippen MR) is 114 cm³/mol. The zero-order valence-corrected chi connectivity index (χ0v) is 18.4. The number of hydrogen-bond acceptors (Lipinski definition) is 4. The largest absolute Gasteiger partial charge is 0.376 e. The first-order chi connectivity index (χ1) is 11.6. The van der Waals surface area contributed by atoms with Crippen LogP contribution in [-0.4, -0.2) is 56.7 Å². The monoisotopic (exact) mass is 480 g/mol. The van der Waals surface area contributed by atoms with E-state index in [1.165, 1.54) is 9.75 Å². The summed E-state index contributed by atoms with van der Waals surface area (Å²) in [6.07, 6.45) is 3.47. The highest BCUT2D eigenvalue weighted by Crippen LogP contribution is 2.16. The molecule has 1 aliphatic heterocycles. The lowest BCUT2D eigenvalue weighted by Gasteiger charge is -2.16. The molecule has 0 radical (unpaired) electrons.